The zero-order chi connectivity index (χ0) is 17.5. The van der Waals surface area contributed by atoms with E-state index in [0.29, 0.717) is 11.3 Å². The molecule has 1 aromatic carbocycles. The summed E-state index contributed by atoms with van der Waals surface area (Å²) in [6.07, 6.45) is 1.42. The van der Waals surface area contributed by atoms with Crippen LogP contribution in [0.4, 0.5) is 4.79 Å². The minimum Gasteiger partial charge on any atom is -0.491 e. The van der Waals surface area contributed by atoms with Crippen LogP contribution in [0.1, 0.15) is 31.1 Å². The molecule has 0 aliphatic carbocycles. The number of nitrogens with one attached hydrogen (secondary N) is 1. The molecule has 7 heteroatoms. The van der Waals surface area contributed by atoms with Crippen LogP contribution in [-0.2, 0) is 9.47 Å². The van der Waals surface area contributed by atoms with Crippen molar-refractivity contribution in [1.82, 2.24) is 5.32 Å². The molecule has 0 aromatic heterocycles. The third kappa shape index (κ3) is 6.81. The second-order valence-electron chi connectivity index (χ2n) is 5.63. The van der Waals surface area contributed by atoms with Crippen molar-refractivity contribution in [3.05, 3.63) is 23.8 Å². The van der Waals surface area contributed by atoms with Crippen LogP contribution in [0.2, 0.25) is 0 Å². The molecular weight excluding hydrogens is 318 g/mol. The highest BCUT2D eigenvalue weighted by Crippen LogP contribution is 2.26. The standard InChI is InChI=1S/C16H23NO5S/c1-16(2,3)22-15(19)17-8-9-21-13-10-11(23-5)6-7-12(13)14(18)20-4/h6-7,10H,8-9H2,1-5H3,(H,17,19). The van der Waals surface area contributed by atoms with E-state index in [0.717, 1.165) is 4.90 Å². The van der Waals surface area contributed by atoms with Gasteiger partial charge in [0.05, 0.1) is 13.7 Å². The number of amides is 1. The summed E-state index contributed by atoms with van der Waals surface area (Å²) in [6, 6.07) is 5.25. The van der Waals surface area contributed by atoms with E-state index in [-0.39, 0.29) is 13.2 Å². The van der Waals surface area contributed by atoms with Gasteiger partial charge < -0.3 is 19.5 Å². The van der Waals surface area contributed by atoms with Crippen LogP contribution in [0, 0.1) is 0 Å². The maximum atomic E-state index is 11.7. The number of benzene rings is 1. The monoisotopic (exact) mass is 341 g/mol. The molecule has 0 radical (unpaired) electrons. The molecule has 23 heavy (non-hydrogen) atoms. The van der Waals surface area contributed by atoms with E-state index in [2.05, 4.69) is 5.32 Å². The molecular formula is C16H23NO5S. The van der Waals surface area contributed by atoms with Crippen LogP contribution in [0.5, 0.6) is 5.75 Å². The predicted octanol–water partition coefficient (Wildman–Crippen LogP) is 3.10. The molecule has 1 aromatic rings. The van der Waals surface area contributed by atoms with Gasteiger partial charge in [-0.05, 0) is 45.2 Å². The van der Waals surface area contributed by atoms with E-state index in [1.807, 2.05) is 12.3 Å². The molecule has 0 saturated heterocycles. The van der Waals surface area contributed by atoms with Gasteiger partial charge in [-0.3, -0.25) is 0 Å². The molecule has 1 amide bonds. The third-order valence-corrected chi connectivity index (χ3v) is 3.35. The first-order valence-electron chi connectivity index (χ1n) is 7.13. The summed E-state index contributed by atoms with van der Waals surface area (Å²) in [7, 11) is 1.32. The topological polar surface area (TPSA) is 73.9 Å². The van der Waals surface area contributed by atoms with Gasteiger partial charge in [-0.15, -0.1) is 11.8 Å². The lowest BCUT2D eigenvalue weighted by atomic mass is 10.2. The minimum atomic E-state index is -0.546. The number of esters is 1. The van der Waals surface area contributed by atoms with Crippen molar-refractivity contribution in [2.45, 2.75) is 31.3 Å². The Labute approximate surface area is 140 Å². The fourth-order valence-electron chi connectivity index (χ4n) is 1.66. The average Bonchev–Trinajstić information content (AvgIpc) is 2.48. The molecule has 0 atom stereocenters. The van der Waals surface area contributed by atoms with Crippen molar-refractivity contribution in [3.63, 3.8) is 0 Å². The normalized spacial score (nSPS) is 10.8. The van der Waals surface area contributed by atoms with Gasteiger partial charge in [0.1, 0.15) is 23.5 Å². The van der Waals surface area contributed by atoms with E-state index >= 15 is 0 Å². The number of ether oxygens (including phenoxy) is 3. The first-order valence-corrected chi connectivity index (χ1v) is 8.35. The number of methoxy groups -OCH3 is 1. The largest absolute Gasteiger partial charge is 0.491 e. The Bertz CT molecular complexity index is 554. The number of hydrogen-bond acceptors (Lipinski definition) is 6. The maximum absolute atomic E-state index is 11.7. The zero-order valence-electron chi connectivity index (χ0n) is 14.1. The van der Waals surface area contributed by atoms with E-state index < -0.39 is 17.7 Å². The summed E-state index contributed by atoms with van der Waals surface area (Å²) in [5, 5.41) is 2.59. The number of alkyl carbamates (subject to hydrolysis) is 1. The highest BCUT2D eigenvalue weighted by Gasteiger charge is 2.16. The lowest BCUT2D eigenvalue weighted by Crippen LogP contribution is -2.34. The van der Waals surface area contributed by atoms with Gasteiger partial charge in [-0.1, -0.05) is 0 Å². The molecule has 1 rings (SSSR count). The Morgan fingerprint density at radius 1 is 1.26 bits per heavy atom. The van der Waals surface area contributed by atoms with Crippen LogP contribution in [-0.4, -0.2) is 44.2 Å². The number of hydrogen-bond donors (Lipinski definition) is 1. The first kappa shape index (κ1) is 19.2. The van der Waals surface area contributed by atoms with Gasteiger partial charge in [0.15, 0.2) is 0 Å². The lowest BCUT2D eigenvalue weighted by Gasteiger charge is -2.19. The van der Waals surface area contributed by atoms with Crippen molar-refractivity contribution in [2.75, 3.05) is 26.5 Å². The minimum absolute atomic E-state index is 0.209. The molecule has 0 heterocycles. The Balaban J connectivity index is 2.59. The Kier molecular flexibility index (Phi) is 7.22. The summed E-state index contributed by atoms with van der Waals surface area (Å²) in [6.45, 7) is 5.85. The lowest BCUT2D eigenvalue weighted by molar-refractivity contribution is 0.0516. The van der Waals surface area contributed by atoms with Gasteiger partial charge in [-0.2, -0.15) is 0 Å². The molecule has 0 fully saturated rings. The fourth-order valence-corrected chi connectivity index (χ4v) is 2.08. The second-order valence-corrected chi connectivity index (χ2v) is 6.51. The molecule has 128 valence electrons. The van der Waals surface area contributed by atoms with Gasteiger partial charge >= 0.3 is 12.1 Å². The van der Waals surface area contributed by atoms with E-state index in [4.69, 9.17) is 14.2 Å². The van der Waals surface area contributed by atoms with Gasteiger partial charge in [-0.25, -0.2) is 9.59 Å². The number of carbonyl (C=O) groups is 2. The van der Waals surface area contributed by atoms with Crippen molar-refractivity contribution in [3.8, 4) is 5.75 Å². The summed E-state index contributed by atoms with van der Waals surface area (Å²) < 4.78 is 15.5. The quantitative estimate of drug-likeness (QED) is 0.487. The van der Waals surface area contributed by atoms with Crippen LogP contribution >= 0.6 is 11.8 Å². The summed E-state index contributed by atoms with van der Waals surface area (Å²) in [4.78, 5) is 24.2. The third-order valence-electron chi connectivity index (χ3n) is 2.62. The molecule has 0 spiro atoms. The van der Waals surface area contributed by atoms with Crippen molar-refractivity contribution in [1.29, 1.82) is 0 Å². The average molecular weight is 341 g/mol. The fraction of sp³-hybridized carbons (Fsp3) is 0.500. The zero-order valence-corrected chi connectivity index (χ0v) is 14.9. The summed E-state index contributed by atoms with van der Waals surface area (Å²) >= 11 is 1.54. The van der Waals surface area contributed by atoms with Crippen LogP contribution in [0.15, 0.2) is 23.1 Å². The summed E-state index contributed by atoms with van der Waals surface area (Å²) in [5.41, 5.74) is -0.196. The second kappa shape index (κ2) is 8.67. The SMILES string of the molecule is COC(=O)c1ccc(SC)cc1OCCNC(=O)OC(C)(C)C. The number of carbonyl (C=O) groups excluding carboxylic acids is 2. The van der Waals surface area contributed by atoms with Crippen molar-refractivity contribution in [2.24, 2.45) is 0 Å². The summed E-state index contributed by atoms with van der Waals surface area (Å²) in [5.74, 6) is -0.0394. The number of thioether (sulfide) groups is 1. The molecule has 0 bridgehead atoms. The van der Waals surface area contributed by atoms with Gasteiger partial charge in [0.25, 0.3) is 0 Å². The smallest absolute Gasteiger partial charge is 0.407 e. The van der Waals surface area contributed by atoms with E-state index in [1.54, 1.807) is 32.9 Å². The molecule has 6 nitrogen and oxygen atoms in total. The Morgan fingerprint density at radius 2 is 1.96 bits per heavy atom. The molecule has 0 aliphatic heterocycles. The first-order chi connectivity index (χ1) is 10.8. The van der Waals surface area contributed by atoms with Crippen LogP contribution < -0.4 is 10.1 Å². The molecule has 0 saturated carbocycles. The highest BCUT2D eigenvalue weighted by atomic mass is 32.2. The predicted molar refractivity (Wildman–Crippen MR) is 89.3 cm³/mol. The van der Waals surface area contributed by atoms with Crippen molar-refractivity contribution >= 4 is 23.8 Å². The van der Waals surface area contributed by atoms with Crippen molar-refractivity contribution < 1.29 is 23.8 Å². The van der Waals surface area contributed by atoms with Crippen LogP contribution in [0.3, 0.4) is 0 Å². The molecule has 0 aliphatic rings. The Hall–Kier alpha value is -1.89. The van der Waals surface area contributed by atoms with Gasteiger partial charge in [0, 0.05) is 4.90 Å². The Morgan fingerprint density at radius 3 is 2.52 bits per heavy atom. The highest BCUT2D eigenvalue weighted by molar-refractivity contribution is 7.98. The van der Waals surface area contributed by atoms with Gasteiger partial charge in [0.2, 0.25) is 0 Å². The van der Waals surface area contributed by atoms with Crippen LogP contribution in [0.25, 0.3) is 0 Å². The number of rotatable bonds is 6. The molecule has 0 unspecified atom stereocenters. The molecule has 1 N–H and O–H groups in total. The maximum Gasteiger partial charge on any atom is 0.407 e. The van der Waals surface area contributed by atoms with E-state index in [1.165, 1.54) is 18.9 Å². The van der Waals surface area contributed by atoms with E-state index in [9.17, 15) is 9.59 Å².